The molecule has 2 aromatic carbocycles. The van der Waals surface area contributed by atoms with Crippen LogP contribution in [0, 0.1) is 0 Å². The highest BCUT2D eigenvalue weighted by atomic mass is 16.7. The van der Waals surface area contributed by atoms with Crippen molar-refractivity contribution in [1.82, 2.24) is 4.90 Å². The molecule has 0 radical (unpaired) electrons. The number of aliphatic hydroxyl groups is 1. The Labute approximate surface area is 154 Å². The summed E-state index contributed by atoms with van der Waals surface area (Å²) in [7, 11) is 0. The number of hydrogen-bond acceptors (Lipinski definition) is 4. The molecule has 2 unspecified atom stereocenters. The fourth-order valence-corrected chi connectivity index (χ4v) is 4.99. The first kappa shape index (κ1) is 16.2. The van der Waals surface area contributed by atoms with Crippen molar-refractivity contribution >= 4 is 0 Å². The first-order chi connectivity index (χ1) is 12.7. The SMILES string of the molecule is OC1(c2ccc3c(c2)OCO3)CC2CCCC(C1)N2Cc1ccccc1. The van der Waals surface area contributed by atoms with E-state index < -0.39 is 5.60 Å². The maximum atomic E-state index is 11.5. The highest BCUT2D eigenvalue weighted by molar-refractivity contribution is 5.46. The zero-order valence-electron chi connectivity index (χ0n) is 14.9. The Bertz CT molecular complexity index is 777. The van der Waals surface area contributed by atoms with Gasteiger partial charge in [-0.1, -0.05) is 42.8 Å². The predicted octanol–water partition coefficient (Wildman–Crippen LogP) is 3.82. The van der Waals surface area contributed by atoms with E-state index in [1.807, 2.05) is 18.2 Å². The molecular weight excluding hydrogens is 326 g/mol. The van der Waals surface area contributed by atoms with Crippen LogP contribution in [0.25, 0.3) is 0 Å². The highest BCUT2D eigenvalue weighted by Gasteiger charge is 2.46. The van der Waals surface area contributed by atoms with Crippen molar-refractivity contribution in [2.45, 2.75) is 56.3 Å². The van der Waals surface area contributed by atoms with E-state index in [0.717, 1.165) is 49.3 Å². The first-order valence-corrected chi connectivity index (χ1v) is 9.63. The fourth-order valence-electron chi connectivity index (χ4n) is 4.99. The first-order valence-electron chi connectivity index (χ1n) is 9.63. The quantitative estimate of drug-likeness (QED) is 0.913. The van der Waals surface area contributed by atoms with Crippen LogP contribution in [0.2, 0.25) is 0 Å². The van der Waals surface area contributed by atoms with Gasteiger partial charge in [0.15, 0.2) is 11.5 Å². The van der Waals surface area contributed by atoms with Crippen LogP contribution >= 0.6 is 0 Å². The maximum Gasteiger partial charge on any atom is 0.231 e. The van der Waals surface area contributed by atoms with Gasteiger partial charge in [-0.3, -0.25) is 4.90 Å². The number of hydrogen-bond donors (Lipinski definition) is 1. The third-order valence-corrected chi connectivity index (χ3v) is 6.28. The van der Waals surface area contributed by atoms with Gasteiger partial charge < -0.3 is 14.6 Å². The molecule has 5 rings (SSSR count). The van der Waals surface area contributed by atoms with E-state index in [1.54, 1.807) is 0 Å². The van der Waals surface area contributed by atoms with E-state index >= 15 is 0 Å². The minimum Gasteiger partial charge on any atom is -0.454 e. The van der Waals surface area contributed by atoms with E-state index in [2.05, 4.69) is 35.2 Å². The second-order valence-corrected chi connectivity index (χ2v) is 7.90. The summed E-state index contributed by atoms with van der Waals surface area (Å²) in [5.74, 6) is 1.53. The minimum atomic E-state index is -0.774. The molecule has 26 heavy (non-hydrogen) atoms. The van der Waals surface area contributed by atoms with Crippen LogP contribution in [-0.4, -0.2) is 28.9 Å². The van der Waals surface area contributed by atoms with Crippen molar-refractivity contribution in [3.8, 4) is 11.5 Å². The van der Waals surface area contributed by atoms with Gasteiger partial charge in [0.1, 0.15) is 0 Å². The van der Waals surface area contributed by atoms with Crippen LogP contribution in [0.5, 0.6) is 11.5 Å². The lowest BCUT2D eigenvalue weighted by Gasteiger charge is -2.52. The smallest absolute Gasteiger partial charge is 0.231 e. The molecule has 3 aliphatic heterocycles. The van der Waals surface area contributed by atoms with Crippen LogP contribution in [0.4, 0.5) is 0 Å². The van der Waals surface area contributed by atoms with Gasteiger partial charge in [0.25, 0.3) is 0 Å². The molecule has 3 aliphatic rings. The average Bonchev–Trinajstić information content (AvgIpc) is 3.11. The Morgan fingerprint density at radius 1 is 0.962 bits per heavy atom. The monoisotopic (exact) mass is 351 g/mol. The summed E-state index contributed by atoms with van der Waals surface area (Å²) in [4.78, 5) is 2.63. The van der Waals surface area contributed by atoms with E-state index in [0.29, 0.717) is 12.1 Å². The standard InChI is InChI=1S/C22H25NO3/c24-22(17-9-10-20-21(11-17)26-15-25-20)12-18-7-4-8-19(13-22)23(18)14-16-5-2-1-3-6-16/h1-3,5-6,9-11,18-19,24H,4,7-8,12-15H2. The highest BCUT2D eigenvalue weighted by Crippen LogP contribution is 2.46. The molecule has 2 bridgehead atoms. The fraction of sp³-hybridized carbons (Fsp3) is 0.455. The van der Waals surface area contributed by atoms with Crippen molar-refractivity contribution in [2.24, 2.45) is 0 Å². The summed E-state index contributed by atoms with van der Waals surface area (Å²) in [5.41, 5.74) is 1.56. The lowest BCUT2D eigenvalue weighted by Crippen LogP contribution is -2.56. The normalized spacial score (nSPS) is 30.3. The number of ether oxygens (including phenoxy) is 2. The van der Waals surface area contributed by atoms with Gasteiger partial charge in [0, 0.05) is 18.6 Å². The van der Waals surface area contributed by atoms with Crippen molar-refractivity contribution in [1.29, 1.82) is 0 Å². The van der Waals surface area contributed by atoms with E-state index in [4.69, 9.17) is 9.47 Å². The number of benzene rings is 2. The van der Waals surface area contributed by atoms with Gasteiger partial charge in [-0.05, 0) is 48.9 Å². The molecule has 136 valence electrons. The second-order valence-electron chi connectivity index (χ2n) is 7.90. The molecule has 1 N–H and O–H groups in total. The molecule has 0 saturated carbocycles. The Morgan fingerprint density at radius 3 is 2.46 bits per heavy atom. The Hall–Kier alpha value is -2.04. The molecule has 2 fully saturated rings. The van der Waals surface area contributed by atoms with E-state index in [1.165, 1.54) is 12.0 Å². The van der Waals surface area contributed by atoms with E-state index in [9.17, 15) is 5.11 Å². The Morgan fingerprint density at radius 2 is 1.69 bits per heavy atom. The van der Waals surface area contributed by atoms with Crippen molar-refractivity contribution < 1.29 is 14.6 Å². The number of nitrogens with zero attached hydrogens (tertiary/aromatic N) is 1. The van der Waals surface area contributed by atoms with Gasteiger partial charge in [-0.15, -0.1) is 0 Å². The van der Waals surface area contributed by atoms with Crippen LogP contribution in [0.1, 0.15) is 43.2 Å². The molecule has 0 spiro atoms. The van der Waals surface area contributed by atoms with Crippen molar-refractivity contribution in [3.63, 3.8) is 0 Å². The molecular formula is C22H25NO3. The average molecular weight is 351 g/mol. The minimum absolute atomic E-state index is 0.271. The van der Waals surface area contributed by atoms with Gasteiger partial charge in [-0.25, -0.2) is 0 Å². The van der Waals surface area contributed by atoms with Crippen LogP contribution < -0.4 is 9.47 Å². The summed E-state index contributed by atoms with van der Waals surface area (Å²) in [6.07, 6.45) is 5.16. The van der Waals surface area contributed by atoms with Gasteiger partial charge >= 0.3 is 0 Å². The summed E-state index contributed by atoms with van der Waals surface area (Å²) < 4.78 is 10.9. The van der Waals surface area contributed by atoms with Crippen LogP contribution in [0.3, 0.4) is 0 Å². The van der Waals surface area contributed by atoms with Crippen LogP contribution in [-0.2, 0) is 12.1 Å². The Balaban J connectivity index is 1.40. The maximum absolute atomic E-state index is 11.5. The van der Waals surface area contributed by atoms with Gasteiger partial charge in [-0.2, -0.15) is 0 Å². The lowest BCUT2D eigenvalue weighted by atomic mass is 9.72. The summed E-state index contributed by atoms with van der Waals surface area (Å²) in [5, 5.41) is 11.5. The topological polar surface area (TPSA) is 41.9 Å². The summed E-state index contributed by atoms with van der Waals surface area (Å²) >= 11 is 0. The third kappa shape index (κ3) is 2.78. The molecule has 0 aromatic heterocycles. The number of piperidine rings is 2. The van der Waals surface area contributed by atoms with Crippen molar-refractivity contribution in [3.05, 3.63) is 59.7 Å². The predicted molar refractivity (Wildman–Crippen MR) is 99.1 cm³/mol. The van der Waals surface area contributed by atoms with E-state index in [-0.39, 0.29) is 6.79 Å². The molecule has 2 saturated heterocycles. The van der Waals surface area contributed by atoms with Crippen LogP contribution in [0.15, 0.2) is 48.5 Å². The molecule has 4 nitrogen and oxygen atoms in total. The summed E-state index contributed by atoms with van der Waals surface area (Å²) in [6, 6.07) is 17.5. The Kier molecular flexibility index (Phi) is 3.91. The molecule has 2 atom stereocenters. The summed E-state index contributed by atoms with van der Waals surface area (Å²) in [6.45, 7) is 1.25. The molecule has 0 amide bonds. The molecule has 4 heteroatoms. The molecule has 2 aromatic rings. The largest absolute Gasteiger partial charge is 0.454 e. The zero-order chi connectivity index (χ0) is 17.6. The lowest BCUT2D eigenvalue weighted by molar-refractivity contribution is -0.0999. The zero-order valence-corrected chi connectivity index (χ0v) is 14.9. The van der Waals surface area contributed by atoms with Gasteiger partial charge in [0.2, 0.25) is 6.79 Å². The third-order valence-electron chi connectivity index (χ3n) is 6.28. The molecule has 0 aliphatic carbocycles. The molecule has 3 heterocycles. The number of fused-ring (bicyclic) bond motifs is 3. The number of rotatable bonds is 3. The van der Waals surface area contributed by atoms with Crippen molar-refractivity contribution in [2.75, 3.05) is 6.79 Å². The second kappa shape index (κ2) is 6.29. The van der Waals surface area contributed by atoms with Gasteiger partial charge in [0.05, 0.1) is 5.60 Å².